The van der Waals surface area contributed by atoms with Crippen molar-refractivity contribution in [3.8, 4) is 0 Å². The van der Waals surface area contributed by atoms with Gasteiger partial charge < -0.3 is 4.57 Å². The Hall–Kier alpha value is -0.640. The van der Waals surface area contributed by atoms with Crippen molar-refractivity contribution in [2.45, 2.75) is 47.1 Å². The van der Waals surface area contributed by atoms with E-state index < -0.39 is 0 Å². The molecule has 1 rings (SSSR count). The molecule has 80 valence electrons. The van der Waals surface area contributed by atoms with E-state index in [1.54, 1.807) is 0 Å². The Morgan fingerprint density at radius 1 is 1.43 bits per heavy atom. The molecule has 1 heterocycles. The monoisotopic (exact) mass is 213 g/mol. The van der Waals surface area contributed by atoms with E-state index in [1.165, 1.54) is 0 Å². The molecule has 1 aromatic heterocycles. The number of aromatic nitrogens is 3. The van der Waals surface area contributed by atoms with Crippen molar-refractivity contribution in [3.63, 3.8) is 0 Å². The third-order valence-corrected chi connectivity index (χ3v) is 2.25. The molecule has 3 nitrogen and oxygen atoms in total. The highest BCUT2D eigenvalue weighted by Crippen LogP contribution is 2.20. The highest BCUT2D eigenvalue weighted by molar-refractivity contribution is 7.71. The van der Waals surface area contributed by atoms with Crippen LogP contribution < -0.4 is 0 Å². The molecule has 0 aromatic carbocycles. The Morgan fingerprint density at radius 3 is 2.43 bits per heavy atom. The summed E-state index contributed by atoms with van der Waals surface area (Å²) >= 11 is 5.21. The van der Waals surface area contributed by atoms with Crippen LogP contribution in [-0.4, -0.2) is 14.8 Å². The van der Waals surface area contributed by atoms with E-state index in [0.29, 0.717) is 5.92 Å². The molecule has 0 aliphatic heterocycles. The molecule has 1 aromatic rings. The number of hydrogen-bond acceptors (Lipinski definition) is 2. The largest absolute Gasteiger partial charge is 0.303 e. The number of rotatable bonds is 2. The van der Waals surface area contributed by atoms with Crippen molar-refractivity contribution in [1.82, 2.24) is 14.8 Å². The fourth-order valence-corrected chi connectivity index (χ4v) is 1.60. The van der Waals surface area contributed by atoms with Gasteiger partial charge in [-0.3, -0.25) is 5.10 Å². The molecule has 0 amide bonds. The van der Waals surface area contributed by atoms with Crippen LogP contribution in [0.1, 0.15) is 46.4 Å². The van der Waals surface area contributed by atoms with Gasteiger partial charge in [0.05, 0.1) is 0 Å². The predicted molar refractivity (Wildman–Crippen MR) is 61.0 cm³/mol. The molecule has 0 aliphatic rings. The molecule has 0 radical (unpaired) electrons. The molecule has 0 atom stereocenters. The van der Waals surface area contributed by atoms with Gasteiger partial charge in [-0.15, -0.1) is 0 Å². The van der Waals surface area contributed by atoms with Crippen LogP contribution in [0, 0.1) is 10.2 Å². The second-order valence-electron chi connectivity index (χ2n) is 5.19. The summed E-state index contributed by atoms with van der Waals surface area (Å²) < 4.78 is 2.82. The number of hydrogen-bond donors (Lipinski definition) is 1. The number of aromatic amines is 1. The van der Waals surface area contributed by atoms with Crippen molar-refractivity contribution in [3.05, 3.63) is 10.6 Å². The van der Waals surface area contributed by atoms with E-state index in [2.05, 4.69) is 49.4 Å². The van der Waals surface area contributed by atoms with Crippen molar-refractivity contribution in [2.24, 2.45) is 5.41 Å². The van der Waals surface area contributed by atoms with E-state index in [4.69, 9.17) is 12.2 Å². The Bertz CT molecular complexity index is 354. The topological polar surface area (TPSA) is 33.6 Å². The minimum Gasteiger partial charge on any atom is -0.303 e. The van der Waals surface area contributed by atoms with Crippen LogP contribution >= 0.6 is 12.2 Å². The van der Waals surface area contributed by atoms with E-state index >= 15 is 0 Å². The standard InChI is InChI=1S/C10H19N3S/c1-7(2)8-11-12-9(14)13(8)6-10(3,4)5/h7H,6H2,1-5H3,(H,12,14). The quantitative estimate of drug-likeness (QED) is 0.766. The number of nitrogens with zero attached hydrogens (tertiary/aromatic N) is 2. The summed E-state index contributed by atoms with van der Waals surface area (Å²) in [5.74, 6) is 1.45. The lowest BCUT2D eigenvalue weighted by atomic mass is 9.96. The minimum atomic E-state index is 0.228. The third-order valence-electron chi connectivity index (χ3n) is 1.94. The first kappa shape index (κ1) is 11.4. The van der Waals surface area contributed by atoms with E-state index in [-0.39, 0.29) is 5.41 Å². The highest BCUT2D eigenvalue weighted by Gasteiger charge is 2.16. The Kier molecular flexibility index (Phi) is 3.14. The highest BCUT2D eigenvalue weighted by atomic mass is 32.1. The van der Waals surface area contributed by atoms with Crippen LogP contribution in [0.5, 0.6) is 0 Å². The maximum Gasteiger partial charge on any atom is 0.195 e. The molecular formula is C10H19N3S. The van der Waals surface area contributed by atoms with Crippen molar-refractivity contribution < 1.29 is 0 Å². The molecule has 0 saturated heterocycles. The van der Waals surface area contributed by atoms with Crippen molar-refractivity contribution in [2.75, 3.05) is 0 Å². The Balaban J connectivity index is 3.06. The zero-order valence-electron chi connectivity index (χ0n) is 9.59. The molecule has 0 spiro atoms. The summed E-state index contributed by atoms with van der Waals surface area (Å²) in [6, 6.07) is 0. The van der Waals surface area contributed by atoms with Gasteiger partial charge >= 0.3 is 0 Å². The summed E-state index contributed by atoms with van der Waals surface area (Å²) in [5, 5.41) is 7.10. The van der Waals surface area contributed by atoms with E-state index in [1.807, 2.05) is 0 Å². The summed E-state index contributed by atoms with van der Waals surface area (Å²) in [5.41, 5.74) is 0.228. The number of nitrogens with one attached hydrogen (secondary N) is 1. The fourth-order valence-electron chi connectivity index (χ4n) is 1.40. The maximum absolute atomic E-state index is 5.21. The molecule has 0 unspecified atom stereocenters. The van der Waals surface area contributed by atoms with Gasteiger partial charge in [0.25, 0.3) is 0 Å². The van der Waals surface area contributed by atoms with E-state index in [0.717, 1.165) is 17.1 Å². The third kappa shape index (κ3) is 2.67. The van der Waals surface area contributed by atoms with Crippen LogP contribution in [0.25, 0.3) is 0 Å². The molecule has 1 N–H and O–H groups in total. The first-order valence-corrected chi connectivity index (χ1v) is 5.37. The van der Waals surface area contributed by atoms with Gasteiger partial charge in [-0.1, -0.05) is 34.6 Å². The van der Waals surface area contributed by atoms with Gasteiger partial charge in [-0.2, -0.15) is 5.10 Å². The first-order valence-electron chi connectivity index (χ1n) is 4.96. The van der Waals surface area contributed by atoms with Crippen LogP contribution in [0.2, 0.25) is 0 Å². The second kappa shape index (κ2) is 3.85. The molecule has 14 heavy (non-hydrogen) atoms. The Labute approximate surface area is 90.5 Å². The van der Waals surface area contributed by atoms with Crippen LogP contribution in [-0.2, 0) is 6.54 Å². The van der Waals surface area contributed by atoms with Crippen LogP contribution in [0.3, 0.4) is 0 Å². The molecule has 0 saturated carbocycles. The van der Waals surface area contributed by atoms with Gasteiger partial charge in [-0.25, -0.2) is 0 Å². The summed E-state index contributed by atoms with van der Waals surface area (Å²) in [7, 11) is 0. The van der Waals surface area contributed by atoms with Gasteiger partial charge in [0.2, 0.25) is 0 Å². The SMILES string of the molecule is CC(C)c1n[nH]c(=S)n1CC(C)(C)C. The fraction of sp³-hybridized carbons (Fsp3) is 0.800. The lowest BCUT2D eigenvalue weighted by Crippen LogP contribution is -2.18. The molecule has 0 aliphatic carbocycles. The summed E-state index contributed by atoms with van der Waals surface area (Å²) in [6.07, 6.45) is 0. The zero-order valence-corrected chi connectivity index (χ0v) is 10.4. The normalized spacial score (nSPS) is 12.4. The zero-order chi connectivity index (χ0) is 10.9. The smallest absolute Gasteiger partial charge is 0.195 e. The van der Waals surface area contributed by atoms with Gasteiger partial charge in [0.1, 0.15) is 5.82 Å². The molecule has 4 heteroatoms. The van der Waals surface area contributed by atoms with Crippen LogP contribution in [0.15, 0.2) is 0 Å². The molecule has 0 fully saturated rings. The van der Waals surface area contributed by atoms with Gasteiger partial charge in [-0.05, 0) is 17.6 Å². The molecule has 0 bridgehead atoms. The summed E-state index contributed by atoms with van der Waals surface area (Å²) in [4.78, 5) is 0. The lowest BCUT2D eigenvalue weighted by Gasteiger charge is -2.20. The minimum absolute atomic E-state index is 0.228. The lowest BCUT2D eigenvalue weighted by molar-refractivity contribution is 0.333. The van der Waals surface area contributed by atoms with E-state index in [9.17, 15) is 0 Å². The van der Waals surface area contributed by atoms with Crippen molar-refractivity contribution in [1.29, 1.82) is 0 Å². The second-order valence-corrected chi connectivity index (χ2v) is 5.58. The average Bonchev–Trinajstić information content (AvgIpc) is 2.29. The van der Waals surface area contributed by atoms with Gasteiger partial charge in [0, 0.05) is 12.5 Å². The number of H-pyrrole nitrogens is 1. The van der Waals surface area contributed by atoms with Crippen LogP contribution in [0.4, 0.5) is 0 Å². The van der Waals surface area contributed by atoms with Crippen molar-refractivity contribution >= 4 is 12.2 Å². The maximum atomic E-state index is 5.21. The Morgan fingerprint density at radius 2 is 2.00 bits per heavy atom. The predicted octanol–water partition coefficient (Wildman–Crippen LogP) is 3.11. The molecular weight excluding hydrogens is 194 g/mol. The van der Waals surface area contributed by atoms with Gasteiger partial charge in [0.15, 0.2) is 4.77 Å². The average molecular weight is 213 g/mol. The first-order chi connectivity index (χ1) is 6.31. The summed E-state index contributed by atoms with van der Waals surface area (Å²) in [6.45, 7) is 11.8.